The molecule has 0 radical (unpaired) electrons. The first-order valence-corrected chi connectivity index (χ1v) is 3.68. The third-order valence-corrected chi connectivity index (χ3v) is 2.31. The van der Waals surface area contributed by atoms with Crippen LogP contribution in [0, 0.1) is 0 Å². The van der Waals surface area contributed by atoms with Crippen LogP contribution in [0.5, 0.6) is 0 Å². The molecule has 0 bridgehead atoms. The molecule has 1 atom stereocenters. The third kappa shape index (κ3) is 1.61. The number of nitrogens with zero attached hydrogens (tertiary/aromatic N) is 2. The number of halogens is 4. The summed E-state index contributed by atoms with van der Waals surface area (Å²) in [6.07, 6.45) is -4.38. The van der Waals surface area contributed by atoms with Crippen LogP contribution < -0.4 is 0 Å². The van der Waals surface area contributed by atoms with Gasteiger partial charge in [-0.25, -0.2) is 0 Å². The van der Waals surface area contributed by atoms with Crippen LogP contribution in [0.4, 0.5) is 13.2 Å². The molecule has 0 fully saturated rings. The maximum absolute atomic E-state index is 12.0. The van der Waals surface area contributed by atoms with Crippen molar-refractivity contribution in [3.63, 3.8) is 0 Å². The van der Waals surface area contributed by atoms with Gasteiger partial charge in [0.15, 0.2) is 5.71 Å². The minimum absolute atomic E-state index is 0.331. The van der Waals surface area contributed by atoms with E-state index in [1.165, 1.54) is 6.92 Å². The Hall–Kier alpha value is -0.390. The molecule has 0 aliphatic carbocycles. The molecule has 0 aromatic carbocycles. The molecule has 1 aliphatic heterocycles. The molecule has 6 heteroatoms. The monoisotopic (exact) mass is 228 g/mol. The van der Waals surface area contributed by atoms with Gasteiger partial charge < -0.3 is 0 Å². The van der Waals surface area contributed by atoms with Crippen molar-refractivity contribution in [3.8, 4) is 0 Å². The van der Waals surface area contributed by atoms with Crippen LogP contribution in [0.15, 0.2) is 10.2 Å². The summed E-state index contributed by atoms with van der Waals surface area (Å²) in [7, 11) is 0. The summed E-state index contributed by atoms with van der Waals surface area (Å²) in [6, 6.07) is 0. The Labute approximate surface area is 69.3 Å². The first-order valence-electron chi connectivity index (χ1n) is 2.76. The maximum Gasteiger partial charge on any atom is 0.432 e. The van der Waals surface area contributed by atoms with Crippen LogP contribution in [0.25, 0.3) is 0 Å². The highest BCUT2D eigenvalue weighted by molar-refractivity contribution is 9.10. The van der Waals surface area contributed by atoms with Crippen LogP contribution >= 0.6 is 15.9 Å². The molecule has 62 valence electrons. The van der Waals surface area contributed by atoms with E-state index in [9.17, 15) is 13.2 Å². The van der Waals surface area contributed by atoms with Gasteiger partial charge in [-0.3, -0.25) is 0 Å². The van der Waals surface area contributed by atoms with Crippen molar-refractivity contribution in [2.45, 2.75) is 17.9 Å². The van der Waals surface area contributed by atoms with E-state index in [1.807, 2.05) is 0 Å². The highest BCUT2D eigenvalue weighted by atomic mass is 79.9. The number of alkyl halides is 4. The zero-order valence-electron chi connectivity index (χ0n) is 5.48. The Morgan fingerprint density at radius 3 is 2.09 bits per heavy atom. The number of hydrogen-bond acceptors (Lipinski definition) is 2. The fourth-order valence-corrected chi connectivity index (χ4v) is 1.08. The lowest BCUT2D eigenvalue weighted by atomic mass is 10.2. The summed E-state index contributed by atoms with van der Waals surface area (Å²) in [6.45, 7) is 1.49. The zero-order chi connectivity index (χ0) is 8.65. The minimum Gasteiger partial charge on any atom is -0.165 e. The Bertz CT molecular complexity index is 230. The van der Waals surface area contributed by atoms with E-state index in [2.05, 4.69) is 26.1 Å². The molecule has 1 rings (SSSR count). The molecule has 1 heterocycles. The van der Waals surface area contributed by atoms with Crippen LogP contribution in [0.3, 0.4) is 0 Å². The van der Waals surface area contributed by atoms with Gasteiger partial charge >= 0.3 is 6.18 Å². The molecule has 0 saturated carbocycles. The van der Waals surface area contributed by atoms with Crippen molar-refractivity contribution in [1.82, 2.24) is 0 Å². The zero-order valence-corrected chi connectivity index (χ0v) is 7.07. The van der Waals surface area contributed by atoms with Crippen molar-refractivity contribution in [2.75, 3.05) is 0 Å². The quantitative estimate of drug-likeness (QED) is 0.568. The first-order chi connectivity index (χ1) is 4.93. The molecular weight excluding hydrogens is 225 g/mol. The van der Waals surface area contributed by atoms with Gasteiger partial charge in [-0.05, 0) is 6.92 Å². The summed E-state index contributed by atoms with van der Waals surface area (Å²) < 4.78 is 35.9. The Kier molecular flexibility index (Phi) is 2.04. The second kappa shape index (κ2) is 2.58. The summed E-state index contributed by atoms with van der Waals surface area (Å²) in [5, 5.41) is 6.30. The maximum atomic E-state index is 12.0. The summed E-state index contributed by atoms with van der Waals surface area (Å²) in [5.74, 6) is 0. The predicted molar refractivity (Wildman–Crippen MR) is 39.3 cm³/mol. The van der Waals surface area contributed by atoms with Crippen LogP contribution in [-0.4, -0.2) is 22.4 Å². The molecule has 11 heavy (non-hydrogen) atoms. The second-order valence-corrected chi connectivity index (χ2v) is 3.00. The SMILES string of the molecule is CC1=NN=C(C(F)(F)F)C1Br. The molecule has 1 unspecified atom stereocenters. The van der Waals surface area contributed by atoms with Crippen LogP contribution in [0.2, 0.25) is 0 Å². The second-order valence-electron chi connectivity index (χ2n) is 2.09. The topological polar surface area (TPSA) is 24.7 Å². The van der Waals surface area contributed by atoms with Gasteiger partial charge in [0.1, 0.15) is 4.83 Å². The molecule has 0 spiro atoms. The van der Waals surface area contributed by atoms with E-state index in [4.69, 9.17) is 0 Å². The van der Waals surface area contributed by atoms with E-state index in [-0.39, 0.29) is 0 Å². The molecule has 0 N–H and O–H groups in total. The fraction of sp³-hybridized carbons (Fsp3) is 0.600. The summed E-state index contributed by atoms with van der Waals surface area (Å²) in [5.41, 5.74) is -0.549. The van der Waals surface area contributed by atoms with Crippen molar-refractivity contribution >= 4 is 27.4 Å². The Morgan fingerprint density at radius 1 is 1.36 bits per heavy atom. The standard InChI is InChI=1S/C5H4BrF3N2/c1-2-3(6)4(11-10-2)5(7,8)9/h3H,1H3. The Balaban J connectivity index is 2.83. The number of hydrogen-bond donors (Lipinski definition) is 0. The van der Waals surface area contributed by atoms with Gasteiger partial charge in [-0.2, -0.15) is 18.3 Å². The summed E-state index contributed by atoms with van der Waals surface area (Å²) >= 11 is 2.82. The van der Waals surface area contributed by atoms with Gasteiger partial charge in [-0.15, -0.1) is 5.10 Å². The third-order valence-electron chi connectivity index (χ3n) is 1.21. The van der Waals surface area contributed by atoms with E-state index in [0.717, 1.165) is 0 Å². The fourth-order valence-electron chi connectivity index (χ4n) is 0.632. The van der Waals surface area contributed by atoms with Crippen molar-refractivity contribution in [1.29, 1.82) is 0 Å². The van der Waals surface area contributed by atoms with Gasteiger partial charge in [0.25, 0.3) is 0 Å². The molecule has 0 amide bonds. The minimum atomic E-state index is -4.38. The molecule has 0 saturated heterocycles. The van der Waals surface area contributed by atoms with Crippen molar-refractivity contribution in [3.05, 3.63) is 0 Å². The van der Waals surface area contributed by atoms with Gasteiger partial charge in [0.2, 0.25) is 0 Å². The lowest BCUT2D eigenvalue weighted by Crippen LogP contribution is -2.31. The van der Waals surface area contributed by atoms with Gasteiger partial charge in [0.05, 0.1) is 5.71 Å². The molecular formula is C5H4BrF3N2. The average molecular weight is 229 g/mol. The first kappa shape index (κ1) is 8.70. The van der Waals surface area contributed by atoms with E-state index in [0.29, 0.717) is 5.71 Å². The van der Waals surface area contributed by atoms with E-state index >= 15 is 0 Å². The van der Waals surface area contributed by atoms with Crippen molar-refractivity contribution in [2.24, 2.45) is 10.2 Å². The highest BCUT2D eigenvalue weighted by Crippen LogP contribution is 2.26. The van der Waals surface area contributed by atoms with E-state index in [1.54, 1.807) is 0 Å². The average Bonchev–Trinajstić information content (AvgIpc) is 2.11. The van der Waals surface area contributed by atoms with Crippen LogP contribution in [0.1, 0.15) is 6.92 Å². The number of rotatable bonds is 0. The molecule has 1 aliphatic rings. The Morgan fingerprint density at radius 2 is 1.91 bits per heavy atom. The van der Waals surface area contributed by atoms with Crippen LogP contribution in [-0.2, 0) is 0 Å². The lowest BCUT2D eigenvalue weighted by Gasteiger charge is -2.08. The summed E-state index contributed by atoms with van der Waals surface area (Å²) in [4.78, 5) is -0.873. The predicted octanol–water partition coefficient (Wildman–Crippen LogP) is 2.14. The lowest BCUT2D eigenvalue weighted by molar-refractivity contribution is -0.0593. The smallest absolute Gasteiger partial charge is 0.165 e. The largest absolute Gasteiger partial charge is 0.432 e. The van der Waals surface area contributed by atoms with Crippen molar-refractivity contribution < 1.29 is 13.2 Å². The molecule has 0 aromatic rings. The highest BCUT2D eigenvalue weighted by Gasteiger charge is 2.43. The normalized spacial score (nSPS) is 25.0. The molecule has 2 nitrogen and oxygen atoms in total. The van der Waals surface area contributed by atoms with Gasteiger partial charge in [-0.1, -0.05) is 15.9 Å². The van der Waals surface area contributed by atoms with E-state index < -0.39 is 16.7 Å². The molecule has 0 aromatic heterocycles. The van der Waals surface area contributed by atoms with Gasteiger partial charge in [0, 0.05) is 0 Å².